The standard InChI is InChI=1S/C55H62N4O7S2/c1-7-19-63-21-22-64-20-18-57(35-55(3,4)68(6)67)43-25-37(33-65-50-31-47-46(23-36(50)2)54(61)59-44(32-56-47)28-41-13-9-11-15-49(41)59)24-38(26-43)34-66-52-29-39-16-17-42-27-40-12-8-10-14-48(40)58(42)53(60)45(39)30-51(52)62-5/h8-15,23-26,29-32,42,44H,7,16-22,27-28,33-35H2,1-6H3/t42-,44+,68?/m1/s1. The van der Waals surface area contributed by atoms with E-state index in [4.69, 9.17) is 39.9 Å². The molecule has 0 bridgehead atoms. The number of carbonyl (C=O) groups is 2. The molecule has 68 heavy (non-hydrogen) atoms. The summed E-state index contributed by atoms with van der Waals surface area (Å²) in [4.78, 5) is 39.3. The average molecular weight is 955 g/mol. The molecule has 5 aromatic carbocycles. The molecule has 5 aromatic rings. The van der Waals surface area contributed by atoms with Crippen LogP contribution < -0.4 is 28.9 Å². The summed E-state index contributed by atoms with van der Waals surface area (Å²) in [6, 6.07) is 30.4. The van der Waals surface area contributed by atoms with Crippen LogP contribution in [0.2, 0.25) is 0 Å². The maximum absolute atomic E-state index is 14.2. The molecule has 4 aliphatic heterocycles. The van der Waals surface area contributed by atoms with Crippen LogP contribution in [0.5, 0.6) is 17.2 Å². The van der Waals surface area contributed by atoms with E-state index in [1.807, 2.05) is 83.6 Å². The number of hydrogen-bond acceptors (Lipinski definition) is 10. The lowest BCUT2D eigenvalue weighted by Crippen LogP contribution is -2.43. The van der Waals surface area contributed by atoms with Gasteiger partial charge in [-0.25, -0.2) is 0 Å². The van der Waals surface area contributed by atoms with Gasteiger partial charge in [-0.1, -0.05) is 54.5 Å². The average Bonchev–Trinajstić information content (AvgIpc) is 3.83. The molecule has 1 unspecified atom stereocenters. The Kier molecular flexibility index (Phi) is 14.3. The number of aliphatic imine (C=N–C) groups is 1. The predicted octanol–water partition coefficient (Wildman–Crippen LogP) is 9.70. The number of ether oxygens (including phenoxy) is 5. The normalized spacial score (nSPS) is 17.3. The fourth-order valence-corrected chi connectivity index (χ4v) is 10.3. The molecule has 356 valence electrons. The number of methoxy groups -OCH3 is 1. The zero-order valence-corrected chi connectivity index (χ0v) is 41.7. The number of fused-ring (bicyclic) bond motifs is 8. The summed E-state index contributed by atoms with van der Waals surface area (Å²) < 4.78 is 30.9. The first kappa shape index (κ1) is 47.5. The first-order valence-electron chi connectivity index (χ1n) is 23.8. The van der Waals surface area contributed by atoms with E-state index in [0.29, 0.717) is 67.0 Å². The van der Waals surface area contributed by atoms with Crippen LogP contribution in [0.15, 0.2) is 96.0 Å². The third-order valence-electron chi connectivity index (χ3n) is 13.6. The molecule has 0 saturated carbocycles. The van der Waals surface area contributed by atoms with Crippen molar-refractivity contribution in [2.24, 2.45) is 4.99 Å². The first-order chi connectivity index (χ1) is 32.9. The molecule has 9 rings (SSSR count). The fraction of sp³-hybridized carbons (Fsp3) is 0.400. The highest BCUT2D eigenvalue weighted by atomic mass is 32.8. The number of hydrogen-bond donors (Lipinski definition) is 0. The monoisotopic (exact) mass is 954 g/mol. The Labute approximate surface area is 408 Å². The van der Waals surface area contributed by atoms with Crippen molar-refractivity contribution in [3.05, 3.63) is 136 Å². The smallest absolute Gasteiger partial charge is 0.261 e. The molecule has 2 amide bonds. The van der Waals surface area contributed by atoms with Crippen molar-refractivity contribution in [3.63, 3.8) is 0 Å². The lowest BCUT2D eigenvalue weighted by atomic mass is 9.99. The van der Waals surface area contributed by atoms with Crippen molar-refractivity contribution in [2.45, 2.75) is 89.8 Å². The second-order valence-electron chi connectivity index (χ2n) is 18.8. The van der Waals surface area contributed by atoms with Gasteiger partial charge in [-0.3, -0.25) is 19.5 Å². The number of benzene rings is 5. The largest absolute Gasteiger partial charge is 0.493 e. The van der Waals surface area contributed by atoms with Crippen molar-refractivity contribution in [1.82, 2.24) is 0 Å². The summed E-state index contributed by atoms with van der Waals surface area (Å²) >= 11 is 5.90. The lowest BCUT2D eigenvalue weighted by Gasteiger charge is -2.35. The molecule has 0 N–H and O–H groups in total. The topological polar surface area (TPSA) is 102 Å². The van der Waals surface area contributed by atoms with Gasteiger partial charge in [0, 0.05) is 71.8 Å². The van der Waals surface area contributed by atoms with E-state index < -0.39 is 0 Å². The second-order valence-corrected chi connectivity index (χ2v) is 22.3. The zero-order chi connectivity index (χ0) is 47.5. The van der Waals surface area contributed by atoms with Crippen LogP contribution in [0.1, 0.15) is 87.7 Å². The maximum Gasteiger partial charge on any atom is 0.261 e. The van der Waals surface area contributed by atoms with Gasteiger partial charge in [-0.15, -0.1) is 9.45 Å². The molecular formula is C55H62N4O7S2. The Hall–Kier alpha value is -5.60. The van der Waals surface area contributed by atoms with Crippen LogP contribution >= 0.6 is 0 Å². The van der Waals surface area contributed by atoms with Gasteiger partial charge < -0.3 is 33.5 Å². The summed E-state index contributed by atoms with van der Waals surface area (Å²) in [5.74, 6) is 1.69. The number of carbonyl (C=O) groups excluding carboxylic acids is 2. The van der Waals surface area contributed by atoms with Gasteiger partial charge in [0.1, 0.15) is 19.0 Å². The molecule has 0 radical (unpaired) electrons. The SMILES string of the molecule is CCCOCCOCCN(CC(C)(C)S(C)=S)c1cc(COc2cc3c(cc2C)C(=O)N2c4ccccc4C[C@H]2C=N3)cc(COc2cc3c(cc2OC)C(=O)N2c4ccccc4C[C@H]2CC3)c1. The Morgan fingerprint density at radius 3 is 2.13 bits per heavy atom. The van der Waals surface area contributed by atoms with Crippen LogP contribution in [0.25, 0.3) is 0 Å². The van der Waals surface area contributed by atoms with E-state index >= 15 is 0 Å². The van der Waals surface area contributed by atoms with Gasteiger partial charge >= 0.3 is 0 Å². The molecule has 4 aliphatic rings. The maximum atomic E-state index is 14.2. The molecule has 4 heterocycles. The molecular weight excluding hydrogens is 893 g/mol. The number of para-hydroxylation sites is 2. The van der Waals surface area contributed by atoms with Gasteiger partial charge in [0.25, 0.3) is 11.8 Å². The quantitative estimate of drug-likeness (QED) is 0.0750. The summed E-state index contributed by atoms with van der Waals surface area (Å²) in [7, 11) is 1.33. The number of aryl methyl sites for hydroxylation is 2. The third-order valence-corrected chi connectivity index (χ3v) is 16.6. The Morgan fingerprint density at radius 1 is 0.765 bits per heavy atom. The van der Waals surface area contributed by atoms with Crippen molar-refractivity contribution < 1.29 is 33.3 Å². The highest BCUT2D eigenvalue weighted by Crippen LogP contribution is 2.42. The summed E-state index contributed by atoms with van der Waals surface area (Å²) in [6.07, 6.45) is 8.17. The van der Waals surface area contributed by atoms with Crippen LogP contribution in [0.3, 0.4) is 0 Å². The minimum atomic E-state index is -0.290. The molecule has 11 nitrogen and oxygen atoms in total. The van der Waals surface area contributed by atoms with Gasteiger partial charge in [0.05, 0.1) is 44.2 Å². The van der Waals surface area contributed by atoms with E-state index in [9.17, 15) is 9.59 Å². The lowest BCUT2D eigenvalue weighted by molar-refractivity contribution is 0.0505. The Morgan fingerprint density at radius 2 is 1.43 bits per heavy atom. The first-order valence-corrected chi connectivity index (χ1v) is 26.3. The van der Waals surface area contributed by atoms with Crippen LogP contribution in [0.4, 0.5) is 22.7 Å². The third kappa shape index (κ3) is 9.94. The molecule has 0 saturated heterocycles. The van der Waals surface area contributed by atoms with Gasteiger partial charge in [-0.2, -0.15) is 0 Å². The Balaban J connectivity index is 0.999. The predicted molar refractivity (Wildman–Crippen MR) is 276 cm³/mol. The fourth-order valence-electron chi connectivity index (χ4n) is 9.80. The molecule has 0 spiro atoms. The van der Waals surface area contributed by atoms with E-state index in [-0.39, 0.29) is 51.3 Å². The number of amides is 2. The molecule has 0 aliphatic carbocycles. The highest BCUT2D eigenvalue weighted by molar-refractivity contribution is 8.29. The number of anilines is 3. The van der Waals surface area contributed by atoms with Crippen LogP contribution in [0, 0.1) is 6.92 Å². The second kappa shape index (κ2) is 20.6. The minimum Gasteiger partial charge on any atom is -0.493 e. The number of nitrogens with zero attached hydrogens (tertiary/aromatic N) is 4. The van der Waals surface area contributed by atoms with Crippen molar-refractivity contribution in [1.29, 1.82) is 0 Å². The van der Waals surface area contributed by atoms with Crippen molar-refractivity contribution in [3.8, 4) is 17.2 Å². The highest BCUT2D eigenvalue weighted by Gasteiger charge is 2.38. The summed E-state index contributed by atoms with van der Waals surface area (Å²) in [5, 5.41) is 0. The van der Waals surface area contributed by atoms with E-state index in [2.05, 4.69) is 62.3 Å². The number of rotatable bonds is 19. The summed E-state index contributed by atoms with van der Waals surface area (Å²) in [5.41, 5.74) is 10.8. The van der Waals surface area contributed by atoms with Gasteiger partial charge in [0.15, 0.2) is 11.5 Å². The van der Waals surface area contributed by atoms with Crippen molar-refractivity contribution >= 4 is 61.4 Å². The zero-order valence-electron chi connectivity index (χ0n) is 40.0. The van der Waals surface area contributed by atoms with Crippen molar-refractivity contribution in [2.75, 3.05) is 67.6 Å². The van der Waals surface area contributed by atoms with Crippen LogP contribution in [-0.4, -0.2) is 87.7 Å². The van der Waals surface area contributed by atoms with E-state index in [1.165, 1.54) is 5.56 Å². The van der Waals surface area contributed by atoms with E-state index in [0.717, 1.165) is 83.6 Å². The minimum absolute atomic E-state index is 0.00151. The van der Waals surface area contributed by atoms with Crippen LogP contribution in [-0.2, 0) is 62.6 Å². The molecule has 0 aromatic heterocycles. The molecule has 0 fully saturated rings. The van der Waals surface area contributed by atoms with E-state index in [1.54, 1.807) is 7.11 Å². The molecule has 3 atom stereocenters. The van der Waals surface area contributed by atoms with Gasteiger partial charge in [0.2, 0.25) is 0 Å². The Bertz CT molecular complexity index is 2760. The molecule has 13 heteroatoms. The summed E-state index contributed by atoms with van der Waals surface area (Å²) in [6.45, 7) is 12.7. The van der Waals surface area contributed by atoms with Gasteiger partial charge in [-0.05, 0) is 135 Å².